The molecule has 0 spiro atoms. The number of aromatic amines is 3. The average molecular weight is 479 g/mol. The van der Waals surface area contributed by atoms with Crippen LogP contribution in [0.1, 0.15) is 54.3 Å². The number of benzene rings is 1. The van der Waals surface area contributed by atoms with Crippen molar-refractivity contribution in [3.05, 3.63) is 45.5 Å². The predicted molar refractivity (Wildman–Crippen MR) is 127 cm³/mol. The lowest BCUT2D eigenvalue weighted by atomic mass is 9.89. The average Bonchev–Trinajstić information content (AvgIpc) is 3.51. The van der Waals surface area contributed by atoms with Crippen molar-refractivity contribution in [1.82, 2.24) is 25.3 Å². The molecule has 1 aliphatic carbocycles. The van der Waals surface area contributed by atoms with Crippen LogP contribution in [0.25, 0.3) is 33.3 Å². The van der Waals surface area contributed by atoms with Crippen LogP contribution in [0.2, 0.25) is 0 Å². The number of nitrogens with zero attached hydrogens (tertiary/aromatic N) is 2. The number of ether oxygens (including phenoxy) is 1. The van der Waals surface area contributed by atoms with Gasteiger partial charge in [0.2, 0.25) is 0 Å². The Morgan fingerprint density at radius 3 is 2.66 bits per heavy atom. The Hall–Kier alpha value is -3.71. The van der Waals surface area contributed by atoms with Gasteiger partial charge < -0.3 is 25.0 Å². The van der Waals surface area contributed by atoms with Crippen molar-refractivity contribution in [1.29, 1.82) is 5.26 Å². The lowest BCUT2D eigenvalue weighted by Crippen LogP contribution is -2.27. The highest BCUT2D eigenvalue weighted by molar-refractivity contribution is 5.98. The number of nitriles is 1. The Morgan fingerprint density at radius 1 is 1.14 bits per heavy atom. The van der Waals surface area contributed by atoms with E-state index in [0.717, 1.165) is 50.0 Å². The van der Waals surface area contributed by atoms with E-state index in [0.29, 0.717) is 39.1 Å². The molecule has 1 saturated carbocycles. The summed E-state index contributed by atoms with van der Waals surface area (Å²) in [6, 6.07) is 6.03. The van der Waals surface area contributed by atoms with Crippen molar-refractivity contribution in [2.24, 2.45) is 0 Å². The lowest BCUT2D eigenvalue weighted by molar-refractivity contribution is 0.0818. The van der Waals surface area contributed by atoms with Gasteiger partial charge in [-0.1, -0.05) is 6.07 Å². The maximum absolute atomic E-state index is 13.1. The van der Waals surface area contributed by atoms with Gasteiger partial charge in [-0.25, -0.2) is 13.8 Å². The number of imidazole rings is 1. The van der Waals surface area contributed by atoms with Gasteiger partial charge in [-0.3, -0.25) is 4.79 Å². The van der Waals surface area contributed by atoms with Crippen LogP contribution in [-0.4, -0.2) is 46.1 Å². The Morgan fingerprint density at radius 2 is 1.94 bits per heavy atom. The summed E-state index contributed by atoms with van der Waals surface area (Å²) in [5.41, 5.74) is 3.70. The first-order valence-corrected chi connectivity index (χ1v) is 11.9. The number of pyridine rings is 1. The second kappa shape index (κ2) is 8.50. The van der Waals surface area contributed by atoms with E-state index in [2.05, 4.69) is 31.3 Å². The number of halogens is 2. The van der Waals surface area contributed by atoms with Gasteiger partial charge in [0.25, 0.3) is 12.0 Å². The Bertz CT molecular complexity index is 1520. The normalized spacial score (nSPS) is 16.9. The molecule has 10 heteroatoms. The topological polar surface area (TPSA) is 122 Å². The first kappa shape index (κ1) is 21.8. The van der Waals surface area contributed by atoms with Gasteiger partial charge in [-0.2, -0.15) is 5.26 Å². The third-order valence-corrected chi connectivity index (χ3v) is 7.00. The highest BCUT2D eigenvalue weighted by Gasteiger charge is 2.31. The molecule has 0 amide bonds. The van der Waals surface area contributed by atoms with Crippen LogP contribution in [0, 0.1) is 11.3 Å². The number of fused-ring (bicyclic) bond motifs is 2. The fourth-order valence-electron chi connectivity index (χ4n) is 5.16. The van der Waals surface area contributed by atoms with Gasteiger partial charge in [0, 0.05) is 23.2 Å². The summed E-state index contributed by atoms with van der Waals surface area (Å²) in [5.74, 6) is 1.09. The number of alkyl halides is 2. The number of H-pyrrole nitrogens is 3. The maximum Gasteiger partial charge on any atom is 0.272 e. The fourth-order valence-corrected chi connectivity index (χ4v) is 5.16. The third kappa shape index (κ3) is 3.76. The molecule has 0 radical (unpaired) electrons. The van der Waals surface area contributed by atoms with Crippen LogP contribution in [-0.2, 0) is 0 Å². The molecule has 4 heterocycles. The van der Waals surface area contributed by atoms with Crippen molar-refractivity contribution in [3.8, 4) is 23.2 Å². The van der Waals surface area contributed by atoms with E-state index >= 15 is 0 Å². The van der Waals surface area contributed by atoms with Crippen molar-refractivity contribution in [2.45, 2.75) is 43.9 Å². The summed E-state index contributed by atoms with van der Waals surface area (Å²) in [7, 11) is 0. The monoisotopic (exact) mass is 478 g/mol. The summed E-state index contributed by atoms with van der Waals surface area (Å²) in [6.45, 7) is 0.956. The Kier molecular flexibility index (Phi) is 5.29. The van der Waals surface area contributed by atoms with E-state index in [1.54, 1.807) is 6.20 Å². The number of piperidine rings is 1. The van der Waals surface area contributed by atoms with Crippen molar-refractivity contribution < 1.29 is 13.5 Å². The molecule has 35 heavy (non-hydrogen) atoms. The van der Waals surface area contributed by atoms with Crippen LogP contribution in [0.15, 0.2) is 23.1 Å². The molecule has 2 aliphatic rings. The molecule has 2 fully saturated rings. The summed E-state index contributed by atoms with van der Waals surface area (Å²) in [5, 5.41) is 13.7. The van der Waals surface area contributed by atoms with Gasteiger partial charge in [-0.05, 0) is 56.3 Å². The molecular formula is C25H24F2N6O2. The minimum absolute atomic E-state index is 0.169. The molecule has 1 aliphatic heterocycles. The highest BCUT2D eigenvalue weighted by Crippen LogP contribution is 2.44. The van der Waals surface area contributed by atoms with Gasteiger partial charge in [0.1, 0.15) is 29.6 Å². The fraction of sp³-hybridized carbons (Fsp3) is 0.400. The van der Waals surface area contributed by atoms with Crippen molar-refractivity contribution >= 4 is 21.9 Å². The van der Waals surface area contributed by atoms with Crippen LogP contribution >= 0.6 is 0 Å². The van der Waals surface area contributed by atoms with Gasteiger partial charge in [0.15, 0.2) is 5.75 Å². The maximum atomic E-state index is 13.1. The quantitative estimate of drug-likeness (QED) is 0.330. The van der Waals surface area contributed by atoms with Crippen LogP contribution in [0.3, 0.4) is 0 Å². The SMILES string of the molecule is N#Cc1c(C2CC2)[nH]c2c(-c3nc4c(OCC(F)F)c(C5CCNCC5)ccc4[nH]3)c(=O)[nH]cc12. The van der Waals surface area contributed by atoms with Gasteiger partial charge in [0.05, 0.1) is 16.6 Å². The van der Waals surface area contributed by atoms with E-state index in [4.69, 9.17) is 4.74 Å². The molecule has 1 aromatic carbocycles. The molecule has 0 atom stereocenters. The molecule has 180 valence electrons. The van der Waals surface area contributed by atoms with E-state index in [1.807, 2.05) is 12.1 Å². The lowest BCUT2D eigenvalue weighted by Gasteiger charge is -2.25. The zero-order valence-electron chi connectivity index (χ0n) is 18.9. The molecule has 6 rings (SSSR count). The second-order valence-electron chi connectivity index (χ2n) is 9.27. The van der Waals surface area contributed by atoms with Crippen molar-refractivity contribution in [3.63, 3.8) is 0 Å². The van der Waals surface area contributed by atoms with E-state index < -0.39 is 13.0 Å². The molecular weight excluding hydrogens is 454 g/mol. The van der Waals surface area contributed by atoms with E-state index in [1.165, 1.54) is 0 Å². The summed E-state index contributed by atoms with van der Waals surface area (Å²) < 4.78 is 31.8. The molecule has 0 bridgehead atoms. The van der Waals surface area contributed by atoms with Crippen LogP contribution < -0.4 is 15.6 Å². The minimum Gasteiger partial charge on any atom is -0.485 e. The Balaban J connectivity index is 1.53. The standard InChI is InChI=1S/C25H24F2N6O2/c26-18(27)11-35-23-14(12-5-7-29-8-6-12)3-4-17-22(23)33-24(31-17)19-21-16(10-30-25(19)34)15(9-28)20(32-21)13-1-2-13/h3-4,10,12-13,18,29,32H,1-2,5-8,11H2,(H,30,34)(H,31,33). The van der Waals surface area contributed by atoms with E-state index in [9.17, 15) is 18.8 Å². The molecule has 1 saturated heterocycles. The largest absolute Gasteiger partial charge is 0.485 e. The zero-order valence-corrected chi connectivity index (χ0v) is 18.9. The number of hydrogen-bond acceptors (Lipinski definition) is 5. The number of hydrogen-bond donors (Lipinski definition) is 4. The van der Waals surface area contributed by atoms with Crippen molar-refractivity contribution in [2.75, 3.05) is 19.7 Å². The first-order chi connectivity index (χ1) is 17.0. The zero-order chi connectivity index (χ0) is 24.1. The summed E-state index contributed by atoms with van der Waals surface area (Å²) >= 11 is 0. The van der Waals surface area contributed by atoms with Gasteiger partial charge in [-0.15, -0.1) is 0 Å². The highest BCUT2D eigenvalue weighted by atomic mass is 19.3. The molecule has 0 unspecified atom stereocenters. The number of aromatic nitrogens is 4. The molecule has 4 N–H and O–H groups in total. The second-order valence-corrected chi connectivity index (χ2v) is 9.27. The van der Waals surface area contributed by atoms with E-state index in [-0.39, 0.29) is 23.0 Å². The molecule has 4 aromatic rings. The van der Waals surface area contributed by atoms with Crippen LogP contribution in [0.4, 0.5) is 8.78 Å². The number of rotatable bonds is 6. The van der Waals surface area contributed by atoms with Gasteiger partial charge >= 0.3 is 0 Å². The summed E-state index contributed by atoms with van der Waals surface area (Å²) in [6.07, 6.45) is 2.67. The first-order valence-electron chi connectivity index (χ1n) is 11.9. The smallest absolute Gasteiger partial charge is 0.272 e. The minimum atomic E-state index is -2.62. The number of nitrogens with one attached hydrogen (secondary N) is 4. The molecule has 8 nitrogen and oxygen atoms in total. The predicted octanol–water partition coefficient (Wildman–Crippen LogP) is 4.26. The summed E-state index contributed by atoms with van der Waals surface area (Å²) in [4.78, 5) is 26.9. The van der Waals surface area contributed by atoms with Crippen LogP contribution in [0.5, 0.6) is 5.75 Å². The molecule has 3 aromatic heterocycles. The third-order valence-electron chi connectivity index (χ3n) is 7.00. The Labute approximate surface area is 198 Å².